The molecule has 4 rings (SSSR count). The zero-order chi connectivity index (χ0) is 19.7. The number of fused-ring (bicyclic) bond motifs is 2. The Labute approximate surface area is 169 Å². The van der Waals surface area contributed by atoms with Gasteiger partial charge in [0, 0.05) is 54.8 Å². The summed E-state index contributed by atoms with van der Waals surface area (Å²) in [7, 11) is 3.13. The lowest BCUT2D eigenvalue weighted by atomic mass is 9.99. The minimum absolute atomic E-state index is 0.408. The van der Waals surface area contributed by atoms with Crippen molar-refractivity contribution in [1.82, 2.24) is 9.88 Å². The number of pyridine rings is 1. The van der Waals surface area contributed by atoms with Gasteiger partial charge in [-0.2, -0.15) is 0 Å². The topological polar surface area (TPSA) is 45.7 Å². The van der Waals surface area contributed by atoms with E-state index in [1.165, 1.54) is 12.7 Å². The third-order valence-electron chi connectivity index (χ3n) is 5.18. The van der Waals surface area contributed by atoms with Crippen LogP contribution in [0.1, 0.15) is 16.8 Å². The van der Waals surface area contributed by atoms with E-state index in [1.54, 1.807) is 11.9 Å². The number of carbonyl (C=O) groups is 1. The molecule has 0 N–H and O–H groups in total. The molecule has 0 bridgehead atoms. The van der Waals surface area contributed by atoms with Crippen LogP contribution in [0.2, 0.25) is 5.02 Å². The molecule has 3 aromatic rings. The largest absolute Gasteiger partial charge is 0.452 e. The first-order valence-corrected chi connectivity index (χ1v) is 9.63. The minimum atomic E-state index is -0.408. The van der Waals surface area contributed by atoms with Crippen molar-refractivity contribution in [3.8, 4) is 0 Å². The quantitative estimate of drug-likeness (QED) is 0.647. The number of carbonyl (C=O) groups excluding carboxylic acids is 1. The van der Waals surface area contributed by atoms with Gasteiger partial charge in [-0.05, 0) is 23.8 Å². The van der Waals surface area contributed by atoms with Crippen molar-refractivity contribution in [1.29, 1.82) is 0 Å². The number of methoxy groups -OCH3 is 1. The molecule has 2 aromatic carbocycles. The predicted molar refractivity (Wildman–Crippen MR) is 112 cm³/mol. The number of hydrogen-bond acceptors (Lipinski definition) is 4. The van der Waals surface area contributed by atoms with Gasteiger partial charge in [0.15, 0.2) is 0 Å². The van der Waals surface area contributed by atoms with Crippen LogP contribution >= 0.6 is 11.6 Å². The third-order valence-corrected chi connectivity index (χ3v) is 5.42. The van der Waals surface area contributed by atoms with Crippen LogP contribution in [0.3, 0.4) is 0 Å². The van der Waals surface area contributed by atoms with Crippen LogP contribution < -0.4 is 4.90 Å². The van der Waals surface area contributed by atoms with Crippen molar-refractivity contribution >= 4 is 34.3 Å². The lowest BCUT2D eigenvalue weighted by Crippen LogP contribution is -2.34. The summed E-state index contributed by atoms with van der Waals surface area (Å²) < 4.78 is 4.98. The van der Waals surface area contributed by atoms with Gasteiger partial charge in [-0.3, -0.25) is 14.8 Å². The molecule has 1 aromatic heterocycles. The molecule has 1 amide bonds. The second-order valence-electron chi connectivity index (χ2n) is 7.02. The number of benzene rings is 2. The summed E-state index contributed by atoms with van der Waals surface area (Å²) in [5.74, 6) is 0. The van der Waals surface area contributed by atoms with E-state index in [-0.39, 0.29) is 0 Å². The van der Waals surface area contributed by atoms with Gasteiger partial charge in [-0.25, -0.2) is 4.79 Å². The fourth-order valence-corrected chi connectivity index (χ4v) is 4.01. The first-order chi connectivity index (χ1) is 13.6. The number of rotatable bonds is 3. The Hall–Kier alpha value is -2.63. The molecular weight excluding hydrogens is 374 g/mol. The van der Waals surface area contributed by atoms with E-state index in [1.807, 2.05) is 24.3 Å². The summed E-state index contributed by atoms with van der Waals surface area (Å²) in [5.41, 5.74) is 5.03. The Bertz CT molecular complexity index is 1020. The molecule has 144 valence electrons. The van der Waals surface area contributed by atoms with Gasteiger partial charge in [0.25, 0.3) is 0 Å². The molecule has 28 heavy (non-hydrogen) atoms. The molecule has 1 aliphatic heterocycles. The Morgan fingerprint density at radius 3 is 2.79 bits per heavy atom. The van der Waals surface area contributed by atoms with Crippen LogP contribution in [-0.2, 0) is 24.2 Å². The summed E-state index contributed by atoms with van der Waals surface area (Å²) in [5, 5.41) is 1.48. The highest BCUT2D eigenvalue weighted by atomic mass is 35.5. The average Bonchev–Trinajstić information content (AvgIpc) is 2.72. The SMILES string of the molecule is COC(=O)N(C)c1c2c(nc3ccc(Cl)cc13)CCN(Cc1ccccc1)C2. The number of nitrogens with zero attached hydrogens (tertiary/aromatic N) is 3. The number of hydrogen-bond donors (Lipinski definition) is 0. The van der Waals surface area contributed by atoms with Gasteiger partial charge in [-0.1, -0.05) is 41.9 Å². The van der Waals surface area contributed by atoms with Crippen LogP contribution in [0.4, 0.5) is 10.5 Å². The smallest absolute Gasteiger partial charge is 0.413 e. The molecule has 0 saturated heterocycles. The van der Waals surface area contributed by atoms with Gasteiger partial charge >= 0.3 is 6.09 Å². The molecule has 0 radical (unpaired) electrons. The van der Waals surface area contributed by atoms with Crippen molar-refractivity contribution in [3.63, 3.8) is 0 Å². The normalized spacial score (nSPS) is 14.0. The highest BCUT2D eigenvalue weighted by Gasteiger charge is 2.27. The van der Waals surface area contributed by atoms with Crippen LogP contribution in [0.5, 0.6) is 0 Å². The molecule has 0 saturated carbocycles. The van der Waals surface area contributed by atoms with Crippen LogP contribution in [0.15, 0.2) is 48.5 Å². The van der Waals surface area contributed by atoms with E-state index in [4.69, 9.17) is 21.3 Å². The second-order valence-corrected chi connectivity index (χ2v) is 7.46. The van der Waals surface area contributed by atoms with Gasteiger partial charge in [0.05, 0.1) is 18.3 Å². The van der Waals surface area contributed by atoms with Gasteiger partial charge in [-0.15, -0.1) is 0 Å². The third kappa shape index (κ3) is 3.55. The van der Waals surface area contributed by atoms with Crippen LogP contribution in [0.25, 0.3) is 10.9 Å². The highest BCUT2D eigenvalue weighted by molar-refractivity contribution is 6.31. The van der Waals surface area contributed by atoms with Gasteiger partial charge in [0.2, 0.25) is 0 Å². The maximum atomic E-state index is 12.3. The maximum Gasteiger partial charge on any atom is 0.413 e. The molecule has 2 heterocycles. The van der Waals surface area contributed by atoms with Crippen LogP contribution in [0, 0.1) is 0 Å². The van der Waals surface area contributed by atoms with E-state index < -0.39 is 6.09 Å². The monoisotopic (exact) mass is 395 g/mol. The molecule has 6 heteroatoms. The molecule has 0 atom stereocenters. The molecule has 1 aliphatic rings. The summed E-state index contributed by atoms with van der Waals surface area (Å²) in [4.78, 5) is 21.1. The molecule has 5 nitrogen and oxygen atoms in total. The van der Waals surface area contributed by atoms with Crippen molar-refractivity contribution in [2.75, 3.05) is 25.6 Å². The molecular formula is C22H22ClN3O2. The van der Waals surface area contributed by atoms with Crippen LogP contribution in [-0.4, -0.2) is 36.7 Å². The summed E-state index contributed by atoms with van der Waals surface area (Å²) >= 11 is 6.26. The Kier molecular flexibility index (Phi) is 5.20. The number of halogens is 1. The van der Waals surface area contributed by atoms with E-state index in [2.05, 4.69) is 29.2 Å². The lowest BCUT2D eigenvalue weighted by Gasteiger charge is -2.32. The van der Waals surface area contributed by atoms with E-state index >= 15 is 0 Å². The zero-order valence-electron chi connectivity index (χ0n) is 16.0. The predicted octanol–water partition coefficient (Wildman–Crippen LogP) is 4.65. The number of anilines is 1. The fourth-order valence-electron chi connectivity index (χ4n) is 3.84. The van der Waals surface area contributed by atoms with Crippen molar-refractivity contribution in [2.24, 2.45) is 0 Å². The number of amides is 1. The summed E-state index contributed by atoms with van der Waals surface area (Å²) in [6, 6.07) is 16.0. The second kappa shape index (κ2) is 7.78. The standard InChI is InChI=1S/C22H22ClN3O2/c1-25(22(27)28-2)21-17-12-16(23)8-9-19(17)24-20-10-11-26(14-18(20)21)13-15-6-4-3-5-7-15/h3-9,12H,10-11,13-14H2,1-2H3. The minimum Gasteiger partial charge on any atom is -0.452 e. The van der Waals surface area contributed by atoms with E-state index in [0.29, 0.717) is 5.02 Å². The Balaban J connectivity index is 1.79. The first-order valence-electron chi connectivity index (χ1n) is 9.26. The molecule has 0 fully saturated rings. The maximum absolute atomic E-state index is 12.3. The summed E-state index contributed by atoms with van der Waals surface area (Å²) in [6.07, 6.45) is 0.429. The number of aromatic nitrogens is 1. The first kappa shape index (κ1) is 18.7. The molecule has 0 spiro atoms. The van der Waals surface area contributed by atoms with Crippen molar-refractivity contribution in [2.45, 2.75) is 19.5 Å². The van der Waals surface area contributed by atoms with Gasteiger partial charge in [0.1, 0.15) is 0 Å². The molecule has 0 unspecified atom stereocenters. The lowest BCUT2D eigenvalue weighted by molar-refractivity contribution is 0.180. The van der Waals surface area contributed by atoms with Crippen molar-refractivity contribution < 1.29 is 9.53 Å². The summed E-state index contributed by atoms with van der Waals surface area (Å²) in [6.45, 7) is 2.50. The van der Waals surface area contributed by atoms with E-state index in [9.17, 15) is 4.79 Å². The van der Waals surface area contributed by atoms with Crippen molar-refractivity contribution in [3.05, 3.63) is 70.4 Å². The Morgan fingerprint density at radius 2 is 2.04 bits per heavy atom. The molecule has 0 aliphatic carbocycles. The van der Waals surface area contributed by atoms with E-state index in [0.717, 1.165) is 53.9 Å². The number of ether oxygens (including phenoxy) is 1. The van der Waals surface area contributed by atoms with Gasteiger partial charge < -0.3 is 4.74 Å². The zero-order valence-corrected chi connectivity index (χ0v) is 16.7. The Morgan fingerprint density at radius 1 is 1.25 bits per heavy atom. The highest BCUT2D eigenvalue weighted by Crippen LogP contribution is 2.36. The average molecular weight is 396 g/mol. The fraction of sp³-hybridized carbons (Fsp3) is 0.273.